The molecule has 2 rings (SSSR count). The summed E-state index contributed by atoms with van der Waals surface area (Å²) in [7, 11) is 0. The van der Waals surface area contributed by atoms with E-state index in [2.05, 4.69) is 0 Å². The number of piperidine rings is 1. The van der Waals surface area contributed by atoms with E-state index >= 15 is 0 Å². The number of benzene rings is 1. The lowest BCUT2D eigenvalue weighted by atomic mass is 10.1. The number of nitrogen functional groups attached to an aromatic ring is 1. The van der Waals surface area contributed by atoms with E-state index in [1.807, 2.05) is 0 Å². The number of hydrogen-bond acceptors (Lipinski definition) is 3. The van der Waals surface area contributed by atoms with Crippen molar-refractivity contribution in [2.45, 2.75) is 18.9 Å². The van der Waals surface area contributed by atoms with E-state index in [1.165, 1.54) is 6.07 Å². The van der Waals surface area contributed by atoms with Crippen LogP contribution in [0.1, 0.15) is 12.8 Å². The minimum atomic E-state index is -0.755. The molecule has 0 aliphatic carbocycles. The van der Waals surface area contributed by atoms with Gasteiger partial charge in [-0.1, -0.05) is 0 Å². The Balaban J connectivity index is 2.32. The summed E-state index contributed by atoms with van der Waals surface area (Å²) in [5.41, 5.74) is 5.83. The predicted molar refractivity (Wildman–Crippen MR) is 58.2 cm³/mol. The van der Waals surface area contributed by atoms with E-state index in [4.69, 9.17) is 5.73 Å². The standard InChI is InChI=1S/C11H14F2N2O/c12-7-4-9(13)11(14)10(5-7)15-3-1-2-8(16)6-15/h4-5,8,16H,1-3,6,14H2. The molecule has 16 heavy (non-hydrogen) atoms. The molecule has 1 aliphatic rings. The van der Waals surface area contributed by atoms with Crippen molar-refractivity contribution in [1.29, 1.82) is 0 Å². The molecule has 88 valence electrons. The van der Waals surface area contributed by atoms with E-state index in [9.17, 15) is 13.9 Å². The second-order valence-electron chi connectivity index (χ2n) is 4.06. The van der Waals surface area contributed by atoms with Gasteiger partial charge >= 0.3 is 0 Å². The fraction of sp³-hybridized carbons (Fsp3) is 0.455. The fourth-order valence-corrected chi connectivity index (χ4v) is 2.01. The number of nitrogens with two attached hydrogens (primary N) is 1. The second-order valence-corrected chi connectivity index (χ2v) is 4.06. The van der Waals surface area contributed by atoms with Crippen LogP contribution >= 0.6 is 0 Å². The highest BCUT2D eigenvalue weighted by Gasteiger charge is 2.21. The van der Waals surface area contributed by atoms with Gasteiger partial charge in [0.15, 0.2) is 5.82 Å². The van der Waals surface area contributed by atoms with Crippen LogP contribution in [0.3, 0.4) is 0 Å². The van der Waals surface area contributed by atoms with Gasteiger partial charge < -0.3 is 15.7 Å². The Kier molecular flexibility index (Phi) is 2.96. The summed E-state index contributed by atoms with van der Waals surface area (Å²) in [6.45, 7) is 1.03. The van der Waals surface area contributed by atoms with Gasteiger partial charge in [0.25, 0.3) is 0 Å². The summed E-state index contributed by atoms with van der Waals surface area (Å²) in [4.78, 5) is 1.72. The fourth-order valence-electron chi connectivity index (χ4n) is 2.01. The quantitative estimate of drug-likeness (QED) is 0.716. The van der Waals surface area contributed by atoms with Crippen LogP contribution in [0.15, 0.2) is 12.1 Å². The van der Waals surface area contributed by atoms with Crippen LogP contribution in [0, 0.1) is 11.6 Å². The smallest absolute Gasteiger partial charge is 0.151 e. The van der Waals surface area contributed by atoms with Crippen molar-refractivity contribution in [3.63, 3.8) is 0 Å². The van der Waals surface area contributed by atoms with Crippen LogP contribution in [-0.2, 0) is 0 Å². The van der Waals surface area contributed by atoms with Gasteiger partial charge in [0.1, 0.15) is 5.82 Å². The Morgan fingerprint density at radius 1 is 1.38 bits per heavy atom. The Morgan fingerprint density at radius 2 is 2.12 bits per heavy atom. The van der Waals surface area contributed by atoms with E-state index in [1.54, 1.807) is 4.90 Å². The first-order chi connectivity index (χ1) is 7.58. The maximum absolute atomic E-state index is 13.2. The molecule has 1 saturated heterocycles. The molecule has 0 radical (unpaired) electrons. The molecule has 3 N–H and O–H groups in total. The van der Waals surface area contributed by atoms with Gasteiger partial charge in [0.2, 0.25) is 0 Å². The first-order valence-electron chi connectivity index (χ1n) is 5.25. The van der Waals surface area contributed by atoms with E-state index in [0.29, 0.717) is 25.2 Å². The first-order valence-corrected chi connectivity index (χ1v) is 5.25. The van der Waals surface area contributed by atoms with Crippen LogP contribution in [0.25, 0.3) is 0 Å². The summed E-state index contributed by atoms with van der Waals surface area (Å²) in [5, 5.41) is 9.50. The van der Waals surface area contributed by atoms with E-state index in [-0.39, 0.29) is 5.69 Å². The minimum absolute atomic E-state index is 0.0597. The zero-order valence-electron chi connectivity index (χ0n) is 8.79. The van der Waals surface area contributed by atoms with Gasteiger partial charge in [0.05, 0.1) is 17.5 Å². The number of hydrogen-bond donors (Lipinski definition) is 2. The van der Waals surface area contributed by atoms with E-state index < -0.39 is 17.7 Å². The highest BCUT2D eigenvalue weighted by molar-refractivity contribution is 5.68. The topological polar surface area (TPSA) is 49.5 Å². The summed E-state index contributed by atoms with van der Waals surface area (Å²) >= 11 is 0. The van der Waals surface area contributed by atoms with Crippen LogP contribution < -0.4 is 10.6 Å². The number of β-amino-alcohol motifs (C(OH)–C–C–N with tert-alkyl or cyclic N) is 1. The third-order valence-corrected chi connectivity index (χ3v) is 2.81. The maximum Gasteiger partial charge on any atom is 0.151 e. The maximum atomic E-state index is 13.2. The van der Waals surface area contributed by atoms with Gasteiger partial charge in [-0.3, -0.25) is 0 Å². The Hall–Kier alpha value is -1.36. The van der Waals surface area contributed by atoms with Crippen molar-refractivity contribution in [2.24, 2.45) is 0 Å². The molecule has 5 heteroatoms. The average Bonchev–Trinajstić information content (AvgIpc) is 2.23. The molecule has 1 unspecified atom stereocenters. The summed E-state index contributed by atoms with van der Waals surface area (Å²) in [5.74, 6) is -1.41. The first kappa shape index (κ1) is 11.1. The molecule has 1 heterocycles. The molecule has 0 bridgehead atoms. The van der Waals surface area contributed by atoms with E-state index in [0.717, 1.165) is 12.5 Å². The molecule has 1 aromatic rings. The molecule has 1 aromatic carbocycles. The number of aliphatic hydroxyl groups is 1. The molecular weight excluding hydrogens is 214 g/mol. The van der Waals surface area contributed by atoms with Gasteiger partial charge in [0, 0.05) is 19.2 Å². The third kappa shape index (κ3) is 2.09. The SMILES string of the molecule is Nc1c(F)cc(F)cc1N1CCCC(O)C1. The third-order valence-electron chi connectivity index (χ3n) is 2.81. The van der Waals surface area contributed by atoms with Crippen molar-refractivity contribution in [2.75, 3.05) is 23.7 Å². The van der Waals surface area contributed by atoms with Crippen LogP contribution in [0.2, 0.25) is 0 Å². The predicted octanol–water partition coefficient (Wildman–Crippen LogP) is 1.51. The molecule has 3 nitrogen and oxygen atoms in total. The normalized spacial score (nSPS) is 21.2. The largest absolute Gasteiger partial charge is 0.395 e. The summed E-state index contributed by atoms with van der Waals surface area (Å²) in [6, 6.07) is 1.97. The van der Waals surface area contributed by atoms with Gasteiger partial charge in [-0.2, -0.15) is 0 Å². The number of rotatable bonds is 1. The van der Waals surface area contributed by atoms with Crippen LogP contribution in [0.4, 0.5) is 20.2 Å². The monoisotopic (exact) mass is 228 g/mol. The van der Waals surface area contributed by atoms with Crippen molar-refractivity contribution in [3.8, 4) is 0 Å². The molecule has 1 aliphatic heterocycles. The molecular formula is C11H14F2N2O. The number of halogens is 2. The lowest BCUT2D eigenvalue weighted by molar-refractivity contribution is 0.154. The minimum Gasteiger partial charge on any atom is -0.395 e. The van der Waals surface area contributed by atoms with Crippen molar-refractivity contribution < 1.29 is 13.9 Å². The highest BCUT2D eigenvalue weighted by atomic mass is 19.1. The van der Waals surface area contributed by atoms with Crippen LogP contribution in [-0.4, -0.2) is 24.3 Å². The number of aliphatic hydroxyl groups excluding tert-OH is 1. The lowest BCUT2D eigenvalue weighted by Gasteiger charge is -2.32. The van der Waals surface area contributed by atoms with Crippen molar-refractivity contribution >= 4 is 11.4 Å². The number of nitrogens with zero attached hydrogens (tertiary/aromatic N) is 1. The second kappa shape index (κ2) is 4.25. The lowest BCUT2D eigenvalue weighted by Crippen LogP contribution is -2.38. The molecule has 0 spiro atoms. The molecule has 0 amide bonds. The zero-order valence-corrected chi connectivity index (χ0v) is 8.79. The average molecular weight is 228 g/mol. The van der Waals surface area contributed by atoms with Crippen molar-refractivity contribution in [1.82, 2.24) is 0 Å². The molecule has 0 aromatic heterocycles. The van der Waals surface area contributed by atoms with Gasteiger partial charge in [-0.05, 0) is 18.9 Å². The Labute approximate surface area is 92.5 Å². The molecule has 0 saturated carbocycles. The summed E-state index contributed by atoms with van der Waals surface area (Å²) in [6.07, 6.45) is 1.05. The zero-order chi connectivity index (χ0) is 11.7. The van der Waals surface area contributed by atoms with Gasteiger partial charge in [-0.15, -0.1) is 0 Å². The Bertz CT molecular complexity index is 398. The molecule has 1 atom stereocenters. The highest BCUT2D eigenvalue weighted by Crippen LogP contribution is 2.29. The summed E-state index contributed by atoms with van der Waals surface area (Å²) < 4.78 is 26.3. The van der Waals surface area contributed by atoms with Crippen molar-refractivity contribution in [3.05, 3.63) is 23.8 Å². The molecule has 1 fully saturated rings. The number of anilines is 2. The Morgan fingerprint density at radius 3 is 2.81 bits per heavy atom. The van der Waals surface area contributed by atoms with Crippen LogP contribution in [0.5, 0.6) is 0 Å². The van der Waals surface area contributed by atoms with Gasteiger partial charge in [-0.25, -0.2) is 8.78 Å².